The van der Waals surface area contributed by atoms with Crippen LogP contribution in [0.1, 0.15) is 0 Å². The Labute approximate surface area is 148 Å². The Hall–Kier alpha value is -3.25. The lowest BCUT2D eigenvalue weighted by molar-refractivity contribution is -0.105. The van der Waals surface area contributed by atoms with Crippen LogP contribution in [0.25, 0.3) is 27.6 Å². The van der Waals surface area contributed by atoms with Gasteiger partial charge in [0.25, 0.3) is 0 Å². The van der Waals surface area contributed by atoms with Crippen molar-refractivity contribution in [2.24, 2.45) is 0 Å². The van der Waals surface area contributed by atoms with E-state index in [9.17, 15) is 4.79 Å². The van der Waals surface area contributed by atoms with Crippen LogP contribution in [0.3, 0.4) is 0 Å². The largest absolute Gasteiger partial charge is 0.313 e. The van der Waals surface area contributed by atoms with E-state index in [4.69, 9.17) is 0 Å². The van der Waals surface area contributed by atoms with Crippen LogP contribution in [-0.4, -0.2) is 21.2 Å². The molecule has 122 valence electrons. The summed E-state index contributed by atoms with van der Waals surface area (Å²) < 4.78 is 1.66. The van der Waals surface area contributed by atoms with E-state index in [1.54, 1.807) is 4.68 Å². The molecule has 0 saturated heterocycles. The molecule has 25 heavy (non-hydrogen) atoms. The highest BCUT2D eigenvalue weighted by atomic mass is 32.1. The Bertz CT molecular complexity index is 993. The summed E-state index contributed by atoms with van der Waals surface area (Å²) in [4.78, 5) is 15.6. The molecule has 4 rings (SSSR count). The SMILES string of the molecule is O=CNc1cc(-c2ccccc2)nn1-c1nc(-c2ccccc2)cs1. The van der Waals surface area contributed by atoms with Crippen molar-refractivity contribution in [1.82, 2.24) is 14.8 Å². The third kappa shape index (κ3) is 3.07. The lowest BCUT2D eigenvalue weighted by atomic mass is 10.2. The maximum atomic E-state index is 11.0. The molecule has 6 heteroatoms. The normalized spacial score (nSPS) is 10.6. The third-order valence-electron chi connectivity index (χ3n) is 3.73. The molecule has 0 bridgehead atoms. The molecule has 0 aliphatic carbocycles. The summed E-state index contributed by atoms with van der Waals surface area (Å²) in [5.74, 6) is 0.586. The number of aromatic nitrogens is 3. The van der Waals surface area contributed by atoms with Gasteiger partial charge in [0.05, 0.1) is 11.4 Å². The molecule has 1 N–H and O–H groups in total. The second-order valence-electron chi connectivity index (χ2n) is 5.34. The fourth-order valence-corrected chi connectivity index (χ4v) is 3.34. The van der Waals surface area contributed by atoms with Gasteiger partial charge in [0, 0.05) is 22.6 Å². The summed E-state index contributed by atoms with van der Waals surface area (Å²) in [5, 5.41) is 10.0. The number of amides is 1. The quantitative estimate of drug-likeness (QED) is 0.550. The molecule has 0 spiro atoms. The lowest BCUT2D eigenvalue weighted by Gasteiger charge is -2.01. The van der Waals surface area contributed by atoms with E-state index in [0.29, 0.717) is 17.4 Å². The van der Waals surface area contributed by atoms with Crippen LogP contribution in [0, 0.1) is 0 Å². The van der Waals surface area contributed by atoms with Crippen molar-refractivity contribution in [3.05, 3.63) is 72.1 Å². The Kier molecular flexibility index (Phi) is 4.10. The molecule has 0 unspecified atom stereocenters. The number of carbonyl (C=O) groups excluding carboxylic acids is 1. The van der Waals surface area contributed by atoms with Gasteiger partial charge in [0.1, 0.15) is 5.82 Å². The van der Waals surface area contributed by atoms with Crippen molar-refractivity contribution in [2.75, 3.05) is 5.32 Å². The Morgan fingerprint density at radius 3 is 2.20 bits per heavy atom. The average molecular weight is 346 g/mol. The Morgan fingerprint density at radius 2 is 1.56 bits per heavy atom. The van der Waals surface area contributed by atoms with Gasteiger partial charge in [-0.15, -0.1) is 11.3 Å². The van der Waals surface area contributed by atoms with Crippen molar-refractivity contribution in [2.45, 2.75) is 0 Å². The van der Waals surface area contributed by atoms with Crippen molar-refractivity contribution in [3.8, 4) is 27.6 Å². The highest BCUT2D eigenvalue weighted by Crippen LogP contribution is 2.28. The van der Waals surface area contributed by atoms with Crippen LogP contribution in [0.5, 0.6) is 0 Å². The molecule has 0 radical (unpaired) electrons. The number of carbonyl (C=O) groups is 1. The minimum Gasteiger partial charge on any atom is -0.313 e. The van der Waals surface area contributed by atoms with Gasteiger partial charge >= 0.3 is 0 Å². The van der Waals surface area contributed by atoms with Gasteiger partial charge in [0.2, 0.25) is 11.5 Å². The molecule has 0 aliphatic rings. The molecule has 5 nitrogen and oxygen atoms in total. The minimum atomic E-state index is 0.586. The van der Waals surface area contributed by atoms with Crippen molar-refractivity contribution in [1.29, 1.82) is 0 Å². The maximum Gasteiger partial charge on any atom is 0.212 e. The van der Waals surface area contributed by atoms with Gasteiger partial charge in [-0.2, -0.15) is 9.78 Å². The van der Waals surface area contributed by atoms with E-state index in [1.807, 2.05) is 72.1 Å². The highest BCUT2D eigenvalue weighted by Gasteiger charge is 2.14. The van der Waals surface area contributed by atoms with Gasteiger partial charge in [-0.05, 0) is 0 Å². The topological polar surface area (TPSA) is 59.8 Å². The van der Waals surface area contributed by atoms with E-state index >= 15 is 0 Å². The molecule has 4 aromatic rings. The number of anilines is 1. The van der Waals surface area contributed by atoms with Gasteiger partial charge in [-0.1, -0.05) is 60.7 Å². The predicted molar refractivity (Wildman–Crippen MR) is 99.8 cm³/mol. The molecule has 2 aromatic heterocycles. The van der Waals surface area contributed by atoms with Gasteiger partial charge in [0.15, 0.2) is 0 Å². The molecule has 0 atom stereocenters. The fraction of sp³-hybridized carbons (Fsp3) is 0. The van der Waals surface area contributed by atoms with Gasteiger partial charge in [-0.25, -0.2) is 4.98 Å². The summed E-state index contributed by atoms with van der Waals surface area (Å²) in [6.45, 7) is 0. The first-order valence-electron chi connectivity index (χ1n) is 7.72. The maximum absolute atomic E-state index is 11.0. The lowest BCUT2D eigenvalue weighted by Crippen LogP contribution is -2.04. The van der Waals surface area contributed by atoms with Crippen molar-refractivity contribution in [3.63, 3.8) is 0 Å². The number of nitrogens with zero attached hydrogens (tertiary/aromatic N) is 3. The molecule has 0 aliphatic heterocycles. The summed E-state index contributed by atoms with van der Waals surface area (Å²) >= 11 is 1.48. The van der Waals surface area contributed by atoms with Crippen LogP contribution in [0.15, 0.2) is 72.1 Å². The first kappa shape index (κ1) is 15.3. The second kappa shape index (κ2) is 6.70. The predicted octanol–water partition coefficient (Wildman–Crippen LogP) is 4.23. The van der Waals surface area contributed by atoms with Crippen LogP contribution in [-0.2, 0) is 4.79 Å². The van der Waals surface area contributed by atoms with Crippen molar-refractivity contribution < 1.29 is 4.79 Å². The summed E-state index contributed by atoms with van der Waals surface area (Å²) in [6, 6.07) is 21.6. The van der Waals surface area contributed by atoms with Crippen LogP contribution in [0.4, 0.5) is 5.82 Å². The minimum absolute atomic E-state index is 0.586. The molecular formula is C19H14N4OS. The number of nitrogens with one attached hydrogen (secondary N) is 1. The zero-order valence-electron chi connectivity index (χ0n) is 13.2. The molecular weight excluding hydrogens is 332 g/mol. The van der Waals surface area contributed by atoms with E-state index in [2.05, 4.69) is 15.4 Å². The summed E-state index contributed by atoms with van der Waals surface area (Å²) in [6.07, 6.45) is 0.647. The number of rotatable bonds is 5. The number of hydrogen-bond acceptors (Lipinski definition) is 4. The first-order valence-corrected chi connectivity index (χ1v) is 8.60. The molecule has 1 amide bonds. The third-order valence-corrected chi connectivity index (χ3v) is 4.54. The highest BCUT2D eigenvalue weighted by molar-refractivity contribution is 7.12. The van der Waals surface area contributed by atoms with E-state index in [-0.39, 0.29) is 0 Å². The van der Waals surface area contributed by atoms with E-state index < -0.39 is 0 Å². The fourth-order valence-electron chi connectivity index (χ4n) is 2.54. The number of benzene rings is 2. The van der Waals surface area contributed by atoms with Crippen LogP contribution < -0.4 is 5.32 Å². The monoisotopic (exact) mass is 346 g/mol. The Balaban J connectivity index is 1.76. The van der Waals surface area contributed by atoms with Gasteiger partial charge in [-0.3, -0.25) is 4.79 Å². The summed E-state index contributed by atoms with van der Waals surface area (Å²) in [5.41, 5.74) is 3.69. The number of hydrogen-bond donors (Lipinski definition) is 1. The van der Waals surface area contributed by atoms with Gasteiger partial charge < -0.3 is 5.32 Å². The molecule has 0 fully saturated rings. The first-order chi connectivity index (χ1) is 12.3. The van der Waals surface area contributed by atoms with Crippen LogP contribution in [0.2, 0.25) is 0 Å². The molecule has 0 saturated carbocycles. The zero-order chi connectivity index (χ0) is 17.1. The Morgan fingerprint density at radius 1 is 0.920 bits per heavy atom. The zero-order valence-corrected chi connectivity index (χ0v) is 14.0. The van der Waals surface area contributed by atoms with E-state index in [1.165, 1.54) is 11.3 Å². The standard InChI is InChI=1S/C19H14N4OS/c24-13-20-18-11-16(14-7-3-1-4-8-14)22-23(18)19-21-17(12-25-19)15-9-5-2-6-10-15/h1-13H,(H,20,24). The number of thiazole rings is 1. The summed E-state index contributed by atoms with van der Waals surface area (Å²) in [7, 11) is 0. The average Bonchev–Trinajstić information content (AvgIpc) is 3.31. The molecule has 2 heterocycles. The van der Waals surface area contributed by atoms with Crippen molar-refractivity contribution >= 4 is 23.6 Å². The van der Waals surface area contributed by atoms with Crippen LogP contribution >= 0.6 is 11.3 Å². The smallest absolute Gasteiger partial charge is 0.212 e. The molecule has 2 aromatic carbocycles. The second-order valence-corrected chi connectivity index (χ2v) is 6.17. The van der Waals surface area contributed by atoms with E-state index in [0.717, 1.165) is 22.5 Å².